The molecule has 0 radical (unpaired) electrons. The third-order valence-corrected chi connectivity index (χ3v) is 8.35. The SMILES string of the molecule is CCCOP(=O)(OCCC)C1C(=O)OC(=O)C1P(=O)(OCCC)OCCC. The van der Waals surface area contributed by atoms with Crippen LogP contribution in [-0.2, 0) is 41.6 Å². The molecule has 0 saturated carbocycles. The second-order valence-electron chi connectivity index (χ2n) is 6.04. The summed E-state index contributed by atoms with van der Waals surface area (Å²) in [4.78, 5) is 24.7. The summed E-state index contributed by atoms with van der Waals surface area (Å²) in [6, 6.07) is 0. The van der Waals surface area contributed by atoms with Crippen molar-refractivity contribution in [1.29, 1.82) is 0 Å². The molecule has 1 rings (SSSR count). The summed E-state index contributed by atoms with van der Waals surface area (Å²) in [7, 11) is -8.28. The van der Waals surface area contributed by atoms with E-state index in [1.165, 1.54) is 0 Å². The first-order valence-corrected chi connectivity index (χ1v) is 12.5. The number of cyclic esters (lactones) is 2. The van der Waals surface area contributed by atoms with Crippen LogP contribution < -0.4 is 0 Å². The fourth-order valence-electron chi connectivity index (χ4n) is 2.35. The third-order valence-electron chi connectivity index (χ3n) is 3.57. The zero-order valence-electron chi connectivity index (χ0n) is 16.4. The van der Waals surface area contributed by atoms with Crippen LogP contribution in [0.5, 0.6) is 0 Å². The van der Waals surface area contributed by atoms with E-state index in [2.05, 4.69) is 4.74 Å². The first-order chi connectivity index (χ1) is 12.8. The molecule has 2 unspecified atom stereocenters. The normalized spacial score (nSPS) is 20.9. The summed E-state index contributed by atoms with van der Waals surface area (Å²) >= 11 is 0. The van der Waals surface area contributed by atoms with Crippen molar-refractivity contribution in [2.75, 3.05) is 26.4 Å². The van der Waals surface area contributed by atoms with Gasteiger partial charge in [-0.25, -0.2) is 0 Å². The van der Waals surface area contributed by atoms with Crippen molar-refractivity contribution < 1.29 is 41.6 Å². The van der Waals surface area contributed by atoms with Crippen LogP contribution in [0.15, 0.2) is 0 Å². The average molecular weight is 428 g/mol. The van der Waals surface area contributed by atoms with Gasteiger partial charge in [-0.2, -0.15) is 0 Å². The Bertz CT molecular complexity index is 518. The lowest BCUT2D eigenvalue weighted by Gasteiger charge is -2.28. The fraction of sp³-hybridized carbons (Fsp3) is 0.875. The van der Waals surface area contributed by atoms with Gasteiger partial charge in [-0.1, -0.05) is 27.7 Å². The number of rotatable bonds is 14. The Morgan fingerprint density at radius 1 is 0.667 bits per heavy atom. The molecule has 27 heavy (non-hydrogen) atoms. The quantitative estimate of drug-likeness (QED) is 0.231. The maximum atomic E-state index is 13.4. The summed E-state index contributed by atoms with van der Waals surface area (Å²) in [5, 5.41) is 0. The minimum absolute atomic E-state index is 0.0433. The molecule has 0 aromatic carbocycles. The van der Waals surface area contributed by atoms with Crippen molar-refractivity contribution in [1.82, 2.24) is 0 Å². The molecule has 0 bridgehead atoms. The second-order valence-corrected chi connectivity index (χ2v) is 10.3. The van der Waals surface area contributed by atoms with Crippen LogP contribution in [0, 0.1) is 0 Å². The molecule has 1 aliphatic heterocycles. The molecule has 1 aliphatic rings. The summed E-state index contributed by atoms with van der Waals surface area (Å²) in [5.74, 6) is -2.19. The zero-order chi connectivity index (χ0) is 20.5. The Morgan fingerprint density at radius 2 is 0.926 bits per heavy atom. The third kappa shape index (κ3) is 6.21. The van der Waals surface area contributed by atoms with Crippen molar-refractivity contribution in [2.24, 2.45) is 0 Å². The molecule has 0 aliphatic carbocycles. The van der Waals surface area contributed by atoms with E-state index < -0.39 is 38.4 Å². The zero-order valence-corrected chi connectivity index (χ0v) is 18.2. The lowest BCUT2D eigenvalue weighted by atomic mass is 10.3. The van der Waals surface area contributed by atoms with Crippen LogP contribution in [0.1, 0.15) is 53.4 Å². The molecular formula is C16H30O9P2. The van der Waals surface area contributed by atoms with Gasteiger partial charge in [0.05, 0.1) is 26.4 Å². The molecule has 0 spiro atoms. The molecule has 0 N–H and O–H groups in total. The Morgan fingerprint density at radius 3 is 1.15 bits per heavy atom. The maximum absolute atomic E-state index is 13.4. The number of ether oxygens (including phenoxy) is 1. The highest BCUT2D eigenvalue weighted by molar-refractivity contribution is 7.61. The molecule has 0 aromatic heterocycles. The van der Waals surface area contributed by atoms with Crippen molar-refractivity contribution in [3.8, 4) is 0 Å². The lowest BCUT2D eigenvalue weighted by molar-refractivity contribution is -0.151. The van der Waals surface area contributed by atoms with Gasteiger partial charge in [0.2, 0.25) is 0 Å². The van der Waals surface area contributed by atoms with Crippen LogP contribution in [-0.4, -0.2) is 49.7 Å². The monoisotopic (exact) mass is 428 g/mol. The molecule has 2 atom stereocenters. The van der Waals surface area contributed by atoms with Crippen LogP contribution >= 0.6 is 15.2 Å². The average Bonchev–Trinajstić information content (AvgIpc) is 2.96. The van der Waals surface area contributed by atoms with Gasteiger partial charge >= 0.3 is 27.1 Å². The predicted molar refractivity (Wildman–Crippen MR) is 98.9 cm³/mol. The van der Waals surface area contributed by atoms with Gasteiger partial charge in [0.15, 0.2) is 11.3 Å². The number of hydrogen-bond acceptors (Lipinski definition) is 9. The van der Waals surface area contributed by atoms with E-state index in [4.69, 9.17) is 18.1 Å². The molecule has 1 fully saturated rings. The minimum Gasteiger partial charge on any atom is -0.392 e. The summed E-state index contributed by atoms with van der Waals surface area (Å²) < 4.78 is 52.8. The second kappa shape index (κ2) is 11.4. The smallest absolute Gasteiger partial charge is 0.346 e. The Labute approximate surface area is 160 Å². The van der Waals surface area contributed by atoms with Crippen molar-refractivity contribution in [3.05, 3.63) is 0 Å². The standard InChI is InChI=1S/C16H30O9P2/c1-5-9-21-26(19,22-10-6-2)13-14(16(18)25-15(13)17)27(20,23-11-7-3)24-12-8-4/h13-14H,5-12H2,1-4H3. The van der Waals surface area contributed by atoms with Crippen LogP contribution in [0.25, 0.3) is 0 Å². The van der Waals surface area contributed by atoms with E-state index in [1.807, 2.05) is 0 Å². The van der Waals surface area contributed by atoms with Gasteiger partial charge in [0.25, 0.3) is 0 Å². The van der Waals surface area contributed by atoms with Gasteiger partial charge in [-0.15, -0.1) is 0 Å². The van der Waals surface area contributed by atoms with E-state index >= 15 is 0 Å². The summed E-state index contributed by atoms with van der Waals surface area (Å²) in [6.45, 7) is 7.34. The highest BCUT2D eigenvalue weighted by Crippen LogP contribution is 2.66. The van der Waals surface area contributed by atoms with Gasteiger partial charge in [0, 0.05) is 0 Å². The maximum Gasteiger partial charge on any atom is 0.346 e. The molecule has 0 aromatic rings. The number of hydrogen-bond donors (Lipinski definition) is 0. The van der Waals surface area contributed by atoms with Gasteiger partial charge in [-0.3, -0.25) is 18.7 Å². The molecule has 0 amide bonds. The predicted octanol–water partition coefficient (Wildman–Crippen LogP) is 3.90. The molecule has 1 heterocycles. The topological polar surface area (TPSA) is 114 Å². The summed E-state index contributed by atoms with van der Waals surface area (Å²) in [5.41, 5.74) is -3.36. The Balaban J connectivity index is 3.32. The number of carbonyl (C=O) groups is 2. The highest BCUT2D eigenvalue weighted by atomic mass is 31.2. The van der Waals surface area contributed by atoms with E-state index in [0.29, 0.717) is 25.7 Å². The first kappa shape index (κ1) is 24.5. The molecule has 158 valence electrons. The van der Waals surface area contributed by atoms with Gasteiger partial charge in [0.1, 0.15) is 0 Å². The first-order valence-electron chi connectivity index (χ1n) is 9.32. The Hall–Kier alpha value is -0.560. The number of esters is 2. The lowest BCUT2D eigenvalue weighted by Crippen LogP contribution is -2.33. The highest BCUT2D eigenvalue weighted by Gasteiger charge is 2.64. The van der Waals surface area contributed by atoms with Gasteiger partial charge in [-0.05, 0) is 25.7 Å². The van der Waals surface area contributed by atoms with E-state index in [0.717, 1.165) is 0 Å². The van der Waals surface area contributed by atoms with Gasteiger partial charge < -0.3 is 22.8 Å². The van der Waals surface area contributed by atoms with E-state index in [1.54, 1.807) is 27.7 Å². The molecular weight excluding hydrogens is 398 g/mol. The van der Waals surface area contributed by atoms with Crippen molar-refractivity contribution in [2.45, 2.75) is 64.7 Å². The number of carbonyl (C=O) groups excluding carboxylic acids is 2. The molecule has 1 saturated heterocycles. The van der Waals surface area contributed by atoms with Crippen molar-refractivity contribution >= 4 is 27.1 Å². The van der Waals surface area contributed by atoms with E-state index in [9.17, 15) is 18.7 Å². The minimum atomic E-state index is -4.14. The van der Waals surface area contributed by atoms with Crippen molar-refractivity contribution in [3.63, 3.8) is 0 Å². The Kier molecular flexibility index (Phi) is 10.4. The van der Waals surface area contributed by atoms with E-state index in [-0.39, 0.29) is 26.4 Å². The van der Waals surface area contributed by atoms with Crippen LogP contribution in [0.4, 0.5) is 0 Å². The molecule has 9 nitrogen and oxygen atoms in total. The fourth-order valence-corrected chi connectivity index (χ4v) is 7.43. The van der Waals surface area contributed by atoms with Crippen LogP contribution in [0.2, 0.25) is 0 Å². The molecule has 11 heteroatoms. The summed E-state index contributed by atoms with van der Waals surface area (Å²) in [6.07, 6.45) is 2.04. The van der Waals surface area contributed by atoms with Crippen LogP contribution in [0.3, 0.4) is 0 Å². The largest absolute Gasteiger partial charge is 0.392 e.